The van der Waals surface area contributed by atoms with Gasteiger partial charge in [-0.15, -0.1) is 6.58 Å². The Bertz CT molecular complexity index is 141. The number of hydrogen-bond acceptors (Lipinski definition) is 2. The van der Waals surface area contributed by atoms with Crippen LogP contribution in [0, 0.1) is 5.92 Å². The Kier molecular flexibility index (Phi) is 8.78. The van der Waals surface area contributed by atoms with Crippen molar-refractivity contribution in [1.82, 2.24) is 0 Å². The molecule has 1 N–H and O–H groups in total. The second-order valence-electron chi connectivity index (χ2n) is 3.00. The van der Waals surface area contributed by atoms with Gasteiger partial charge in [0.1, 0.15) is 6.61 Å². The van der Waals surface area contributed by atoms with E-state index in [1.165, 1.54) is 6.42 Å². The molecule has 0 aromatic carbocycles. The van der Waals surface area contributed by atoms with E-state index < -0.39 is 0 Å². The predicted octanol–water partition coefficient (Wildman–Crippen LogP) is 2.50. The van der Waals surface area contributed by atoms with Crippen LogP contribution < -0.4 is 0 Å². The molecule has 0 aromatic heterocycles. The molecule has 0 saturated heterocycles. The summed E-state index contributed by atoms with van der Waals surface area (Å²) in [4.78, 5) is 0. The molecule has 2 heteroatoms. The number of rotatable bonds is 8. The van der Waals surface area contributed by atoms with Crippen LogP contribution in [0.2, 0.25) is 0 Å². The third kappa shape index (κ3) is 7.60. The van der Waals surface area contributed by atoms with E-state index in [4.69, 9.17) is 9.84 Å². The Morgan fingerprint density at radius 2 is 2.31 bits per heavy atom. The lowest BCUT2D eigenvalue weighted by Gasteiger charge is -2.07. The number of aliphatic hydroxyl groups excluding tert-OH is 1. The fourth-order valence-electron chi connectivity index (χ4n) is 1.16. The normalized spacial score (nSPS) is 13.1. The van der Waals surface area contributed by atoms with Gasteiger partial charge < -0.3 is 9.84 Å². The molecule has 1 atom stereocenters. The second kappa shape index (κ2) is 9.33. The lowest BCUT2D eigenvalue weighted by atomic mass is 10.0. The average Bonchev–Trinajstić information content (AvgIpc) is 2.13. The first-order valence-corrected chi connectivity index (χ1v) is 4.85. The lowest BCUT2D eigenvalue weighted by Crippen LogP contribution is -1.96. The van der Waals surface area contributed by atoms with Gasteiger partial charge in [0, 0.05) is 0 Å². The molecule has 1 unspecified atom stereocenters. The number of hydrogen-bond donors (Lipinski definition) is 1. The Balaban J connectivity index is 3.64. The van der Waals surface area contributed by atoms with Gasteiger partial charge in [-0.05, 0) is 24.8 Å². The Hall–Kier alpha value is -0.760. The third-order valence-electron chi connectivity index (χ3n) is 1.78. The summed E-state index contributed by atoms with van der Waals surface area (Å²) >= 11 is 0. The first-order valence-electron chi connectivity index (χ1n) is 4.85. The molecule has 76 valence electrons. The second-order valence-corrected chi connectivity index (χ2v) is 3.00. The zero-order valence-electron chi connectivity index (χ0n) is 8.41. The minimum atomic E-state index is 0.0737. The summed E-state index contributed by atoms with van der Waals surface area (Å²) in [6.07, 6.45) is 8.97. The van der Waals surface area contributed by atoms with Crippen molar-refractivity contribution in [3.8, 4) is 0 Å². The van der Waals surface area contributed by atoms with Gasteiger partial charge >= 0.3 is 0 Å². The van der Waals surface area contributed by atoms with Crippen molar-refractivity contribution in [2.24, 2.45) is 5.92 Å². The van der Waals surface area contributed by atoms with Gasteiger partial charge in [-0.2, -0.15) is 0 Å². The highest BCUT2D eigenvalue weighted by Crippen LogP contribution is 2.12. The number of allylic oxidation sites excluding steroid dienone is 2. The topological polar surface area (TPSA) is 29.5 Å². The highest BCUT2D eigenvalue weighted by Gasteiger charge is 1.99. The van der Waals surface area contributed by atoms with Crippen molar-refractivity contribution in [1.29, 1.82) is 0 Å². The summed E-state index contributed by atoms with van der Waals surface area (Å²) < 4.78 is 5.04. The summed E-state index contributed by atoms with van der Waals surface area (Å²) in [5.41, 5.74) is 0. The van der Waals surface area contributed by atoms with Crippen molar-refractivity contribution < 1.29 is 9.84 Å². The molecule has 13 heavy (non-hydrogen) atoms. The highest BCUT2D eigenvalue weighted by atomic mass is 16.5. The number of aliphatic hydroxyl groups is 1. The largest absolute Gasteiger partial charge is 0.499 e. The van der Waals surface area contributed by atoms with Crippen LogP contribution in [0.4, 0.5) is 0 Å². The van der Waals surface area contributed by atoms with E-state index in [9.17, 15) is 0 Å². The first-order chi connectivity index (χ1) is 6.35. The van der Waals surface area contributed by atoms with Crippen LogP contribution in [0.3, 0.4) is 0 Å². The van der Waals surface area contributed by atoms with Crippen LogP contribution in [-0.4, -0.2) is 18.3 Å². The van der Waals surface area contributed by atoms with Crippen LogP contribution in [-0.2, 0) is 4.74 Å². The molecule has 0 radical (unpaired) electrons. The molecule has 2 nitrogen and oxygen atoms in total. The van der Waals surface area contributed by atoms with Gasteiger partial charge in [-0.1, -0.05) is 19.4 Å². The summed E-state index contributed by atoms with van der Waals surface area (Å²) in [6, 6.07) is 0. The van der Waals surface area contributed by atoms with E-state index in [-0.39, 0.29) is 6.61 Å². The average molecular weight is 184 g/mol. The molecule has 0 rings (SSSR count). The highest BCUT2D eigenvalue weighted by molar-refractivity contribution is 4.87. The van der Waals surface area contributed by atoms with Crippen molar-refractivity contribution in [3.05, 3.63) is 25.0 Å². The van der Waals surface area contributed by atoms with E-state index >= 15 is 0 Å². The van der Waals surface area contributed by atoms with Gasteiger partial charge in [0.15, 0.2) is 0 Å². The molecule has 0 spiro atoms. The van der Waals surface area contributed by atoms with E-state index in [0.717, 1.165) is 12.8 Å². The molecule has 0 aliphatic carbocycles. The molecule has 0 aliphatic heterocycles. The molecule has 0 fully saturated rings. The van der Waals surface area contributed by atoms with Gasteiger partial charge in [0.05, 0.1) is 12.9 Å². The fraction of sp³-hybridized carbons (Fsp3) is 0.636. The van der Waals surface area contributed by atoms with Gasteiger partial charge in [-0.3, -0.25) is 0 Å². The summed E-state index contributed by atoms with van der Waals surface area (Å²) in [5, 5.41) is 8.46. The first kappa shape index (κ1) is 12.2. The third-order valence-corrected chi connectivity index (χ3v) is 1.78. The van der Waals surface area contributed by atoms with Crippen molar-refractivity contribution in [2.75, 3.05) is 13.2 Å². The van der Waals surface area contributed by atoms with Crippen molar-refractivity contribution in [2.45, 2.75) is 26.2 Å². The van der Waals surface area contributed by atoms with Crippen LogP contribution in [0.15, 0.2) is 25.0 Å². The van der Waals surface area contributed by atoms with Crippen LogP contribution in [0.1, 0.15) is 26.2 Å². The molecule has 0 aliphatic rings. The molecule has 0 amide bonds. The molecule has 0 heterocycles. The predicted molar refractivity (Wildman–Crippen MR) is 55.4 cm³/mol. The smallest absolute Gasteiger partial charge is 0.110 e. The quantitative estimate of drug-likeness (QED) is 0.357. The van der Waals surface area contributed by atoms with E-state index in [0.29, 0.717) is 12.5 Å². The van der Waals surface area contributed by atoms with Gasteiger partial charge in [-0.25, -0.2) is 0 Å². The Morgan fingerprint density at radius 3 is 2.85 bits per heavy atom. The molecule has 0 aromatic rings. The maximum absolute atomic E-state index is 8.46. The van der Waals surface area contributed by atoms with Gasteiger partial charge in [0.2, 0.25) is 0 Å². The molecule has 0 bridgehead atoms. The van der Waals surface area contributed by atoms with Gasteiger partial charge in [0.25, 0.3) is 0 Å². The SMILES string of the molecule is C=CCC(/C=C/OCCO)CCC. The lowest BCUT2D eigenvalue weighted by molar-refractivity contribution is 0.165. The maximum Gasteiger partial charge on any atom is 0.110 e. The molecular weight excluding hydrogens is 164 g/mol. The monoisotopic (exact) mass is 184 g/mol. The summed E-state index contributed by atoms with van der Waals surface area (Å²) in [5.74, 6) is 0.529. The Morgan fingerprint density at radius 1 is 1.54 bits per heavy atom. The molecule has 0 saturated carbocycles. The fourth-order valence-corrected chi connectivity index (χ4v) is 1.16. The van der Waals surface area contributed by atoms with E-state index in [2.05, 4.69) is 13.5 Å². The standard InChI is InChI=1S/C11H20O2/c1-3-5-11(6-4-2)7-9-13-10-8-12/h3,7,9,11-12H,1,4-6,8,10H2,2H3/b9-7+. The summed E-state index contributed by atoms with van der Waals surface area (Å²) in [6.45, 7) is 6.33. The zero-order chi connectivity index (χ0) is 9.94. The van der Waals surface area contributed by atoms with Crippen molar-refractivity contribution in [3.63, 3.8) is 0 Å². The number of ether oxygens (including phenoxy) is 1. The minimum absolute atomic E-state index is 0.0737. The zero-order valence-corrected chi connectivity index (χ0v) is 8.41. The van der Waals surface area contributed by atoms with E-state index in [1.54, 1.807) is 6.26 Å². The van der Waals surface area contributed by atoms with Crippen LogP contribution >= 0.6 is 0 Å². The maximum atomic E-state index is 8.46. The van der Waals surface area contributed by atoms with Crippen LogP contribution in [0.5, 0.6) is 0 Å². The molecular formula is C11H20O2. The van der Waals surface area contributed by atoms with Crippen molar-refractivity contribution >= 4 is 0 Å². The Labute approximate surface area is 80.9 Å². The van der Waals surface area contributed by atoms with E-state index in [1.807, 2.05) is 12.2 Å². The van der Waals surface area contributed by atoms with Crippen LogP contribution in [0.25, 0.3) is 0 Å². The summed E-state index contributed by atoms with van der Waals surface area (Å²) in [7, 11) is 0. The minimum Gasteiger partial charge on any atom is -0.499 e.